The molecule has 0 saturated heterocycles. The Balaban J connectivity index is 2.32. The van der Waals surface area contributed by atoms with Crippen molar-refractivity contribution >= 4 is 11.3 Å². The molecule has 0 saturated carbocycles. The number of hydrazine groups is 1. The number of hydrogen-bond donors (Lipinski definition) is 2. The summed E-state index contributed by atoms with van der Waals surface area (Å²) in [5.74, 6) is 7.13. The predicted octanol–water partition coefficient (Wildman–Crippen LogP) is 2.51. The Morgan fingerprint density at radius 3 is 2.68 bits per heavy atom. The fraction of sp³-hybridized carbons (Fsp3) is 0.286. The fourth-order valence-electron chi connectivity index (χ4n) is 2.09. The first kappa shape index (κ1) is 13.9. The molecule has 2 rings (SSSR count). The molecule has 1 aromatic heterocycles. The first-order chi connectivity index (χ1) is 9.30. The van der Waals surface area contributed by atoms with Crippen LogP contribution in [-0.2, 0) is 6.42 Å². The molecule has 1 aromatic carbocycles. The molecule has 1 heterocycles. The summed E-state index contributed by atoms with van der Waals surface area (Å²) in [7, 11) is 3.27. The molecule has 1 atom stereocenters. The third-order valence-electron chi connectivity index (χ3n) is 3.03. The zero-order chi connectivity index (χ0) is 13.7. The van der Waals surface area contributed by atoms with Crippen LogP contribution in [0, 0.1) is 0 Å². The number of nitrogens with two attached hydrogens (primary N) is 1. The van der Waals surface area contributed by atoms with Gasteiger partial charge in [0.2, 0.25) is 0 Å². The summed E-state index contributed by atoms with van der Waals surface area (Å²) in [5, 5.41) is 4.18. The van der Waals surface area contributed by atoms with Crippen molar-refractivity contribution in [2.75, 3.05) is 14.2 Å². The van der Waals surface area contributed by atoms with Crippen molar-refractivity contribution in [3.8, 4) is 11.5 Å². The molecular formula is C14H18N2O2S. The number of ether oxygens (including phenoxy) is 2. The summed E-state index contributed by atoms with van der Waals surface area (Å²) >= 11 is 1.68. The Morgan fingerprint density at radius 2 is 2.11 bits per heavy atom. The molecule has 0 aliphatic heterocycles. The van der Waals surface area contributed by atoms with E-state index in [1.54, 1.807) is 25.6 Å². The van der Waals surface area contributed by atoms with Gasteiger partial charge < -0.3 is 9.47 Å². The van der Waals surface area contributed by atoms with Crippen LogP contribution in [0.4, 0.5) is 0 Å². The van der Waals surface area contributed by atoms with Crippen LogP contribution in [-0.4, -0.2) is 14.2 Å². The SMILES string of the molecule is COc1cccc(C(Cc2ccsc2)NN)c1OC. The summed E-state index contributed by atoms with van der Waals surface area (Å²) < 4.78 is 10.8. The monoisotopic (exact) mass is 278 g/mol. The summed E-state index contributed by atoms with van der Waals surface area (Å²) in [6.45, 7) is 0. The lowest BCUT2D eigenvalue weighted by molar-refractivity contribution is 0.346. The molecule has 1 unspecified atom stereocenters. The van der Waals surface area contributed by atoms with Crippen LogP contribution in [0.25, 0.3) is 0 Å². The Bertz CT molecular complexity index is 514. The summed E-state index contributed by atoms with van der Waals surface area (Å²) in [4.78, 5) is 0. The molecule has 2 aromatic rings. The lowest BCUT2D eigenvalue weighted by atomic mass is 10.00. The lowest BCUT2D eigenvalue weighted by Crippen LogP contribution is -2.29. The number of benzene rings is 1. The normalized spacial score (nSPS) is 12.2. The predicted molar refractivity (Wildman–Crippen MR) is 77.6 cm³/mol. The van der Waals surface area contributed by atoms with Crippen LogP contribution >= 0.6 is 11.3 Å². The minimum atomic E-state index is -0.0142. The fourth-order valence-corrected chi connectivity index (χ4v) is 2.77. The molecule has 102 valence electrons. The third-order valence-corrected chi connectivity index (χ3v) is 3.76. The number of methoxy groups -OCH3 is 2. The minimum absolute atomic E-state index is 0.0142. The molecule has 0 fully saturated rings. The Hall–Kier alpha value is -1.56. The van der Waals surface area contributed by atoms with Crippen molar-refractivity contribution in [1.29, 1.82) is 0 Å². The van der Waals surface area contributed by atoms with E-state index in [9.17, 15) is 0 Å². The van der Waals surface area contributed by atoms with Gasteiger partial charge in [-0.15, -0.1) is 0 Å². The zero-order valence-corrected chi connectivity index (χ0v) is 11.9. The zero-order valence-electron chi connectivity index (χ0n) is 11.1. The average molecular weight is 278 g/mol. The van der Waals surface area contributed by atoms with Gasteiger partial charge in [-0.25, -0.2) is 0 Å². The molecule has 0 amide bonds. The summed E-state index contributed by atoms with van der Waals surface area (Å²) in [6, 6.07) is 7.90. The van der Waals surface area contributed by atoms with Crippen molar-refractivity contribution in [3.63, 3.8) is 0 Å². The molecule has 0 bridgehead atoms. The first-order valence-electron chi connectivity index (χ1n) is 5.98. The number of hydrogen-bond acceptors (Lipinski definition) is 5. The maximum absolute atomic E-state index is 5.69. The van der Waals surface area contributed by atoms with Gasteiger partial charge in [0.15, 0.2) is 11.5 Å². The first-order valence-corrected chi connectivity index (χ1v) is 6.92. The number of para-hydroxylation sites is 1. The molecule has 5 heteroatoms. The highest BCUT2D eigenvalue weighted by Gasteiger charge is 2.18. The van der Waals surface area contributed by atoms with Gasteiger partial charge in [0.25, 0.3) is 0 Å². The van der Waals surface area contributed by atoms with Crippen molar-refractivity contribution in [2.24, 2.45) is 5.84 Å². The minimum Gasteiger partial charge on any atom is -0.493 e. The second-order valence-electron chi connectivity index (χ2n) is 4.14. The van der Waals surface area contributed by atoms with Crippen LogP contribution in [0.5, 0.6) is 11.5 Å². The van der Waals surface area contributed by atoms with Crippen molar-refractivity contribution in [2.45, 2.75) is 12.5 Å². The topological polar surface area (TPSA) is 56.5 Å². The van der Waals surface area contributed by atoms with Crippen molar-refractivity contribution < 1.29 is 9.47 Å². The van der Waals surface area contributed by atoms with E-state index in [0.29, 0.717) is 5.75 Å². The Labute approximate surface area is 117 Å². The molecule has 19 heavy (non-hydrogen) atoms. The third kappa shape index (κ3) is 3.07. The van der Waals surface area contributed by atoms with Gasteiger partial charge in [0, 0.05) is 5.56 Å². The van der Waals surface area contributed by atoms with Crippen molar-refractivity contribution in [3.05, 3.63) is 46.2 Å². The van der Waals surface area contributed by atoms with E-state index in [-0.39, 0.29) is 6.04 Å². The quantitative estimate of drug-likeness (QED) is 0.630. The van der Waals surface area contributed by atoms with E-state index in [2.05, 4.69) is 22.3 Å². The Morgan fingerprint density at radius 1 is 1.26 bits per heavy atom. The average Bonchev–Trinajstić information content (AvgIpc) is 2.96. The van der Waals surface area contributed by atoms with E-state index < -0.39 is 0 Å². The highest BCUT2D eigenvalue weighted by molar-refractivity contribution is 7.07. The van der Waals surface area contributed by atoms with Crippen LogP contribution in [0.15, 0.2) is 35.0 Å². The van der Waals surface area contributed by atoms with Gasteiger partial charge in [0.1, 0.15) is 0 Å². The lowest BCUT2D eigenvalue weighted by Gasteiger charge is -2.20. The molecule has 3 N–H and O–H groups in total. The number of nitrogens with one attached hydrogen (secondary N) is 1. The molecule has 0 radical (unpaired) electrons. The molecule has 0 aliphatic rings. The van der Waals surface area contributed by atoms with E-state index in [4.69, 9.17) is 15.3 Å². The van der Waals surface area contributed by atoms with E-state index in [1.165, 1.54) is 5.56 Å². The molecule has 4 nitrogen and oxygen atoms in total. The van der Waals surface area contributed by atoms with Crippen LogP contribution in [0.1, 0.15) is 17.2 Å². The smallest absolute Gasteiger partial charge is 0.165 e. The highest BCUT2D eigenvalue weighted by atomic mass is 32.1. The van der Waals surface area contributed by atoms with E-state index in [0.717, 1.165) is 17.7 Å². The largest absolute Gasteiger partial charge is 0.493 e. The Kier molecular flexibility index (Phi) is 4.79. The maximum Gasteiger partial charge on any atom is 0.165 e. The van der Waals surface area contributed by atoms with Gasteiger partial charge in [0.05, 0.1) is 20.3 Å². The van der Waals surface area contributed by atoms with Crippen LogP contribution < -0.4 is 20.7 Å². The van der Waals surface area contributed by atoms with Gasteiger partial charge >= 0.3 is 0 Å². The molecule has 0 spiro atoms. The standard InChI is InChI=1S/C14H18N2O2S/c1-17-13-5-3-4-11(14(13)18-2)12(16-15)8-10-6-7-19-9-10/h3-7,9,12,16H,8,15H2,1-2H3. The maximum atomic E-state index is 5.69. The molecule has 0 aliphatic carbocycles. The van der Waals surface area contributed by atoms with E-state index >= 15 is 0 Å². The highest BCUT2D eigenvalue weighted by Crippen LogP contribution is 2.35. The summed E-state index contributed by atoms with van der Waals surface area (Å²) in [6.07, 6.45) is 0.809. The van der Waals surface area contributed by atoms with Crippen LogP contribution in [0.3, 0.4) is 0 Å². The van der Waals surface area contributed by atoms with Gasteiger partial charge in [-0.3, -0.25) is 11.3 Å². The van der Waals surface area contributed by atoms with Crippen LogP contribution in [0.2, 0.25) is 0 Å². The van der Waals surface area contributed by atoms with E-state index in [1.807, 2.05) is 18.2 Å². The second kappa shape index (κ2) is 6.56. The second-order valence-corrected chi connectivity index (χ2v) is 4.92. The van der Waals surface area contributed by atoms with Crippen molar-refractivity contribution in [1.82, 2.24) is 5.43 Å². The number of thiophene rings is 1. The molecular weight excluding hydrogens is 260 g/mol. The van der Waals surface area contributed by atoms with Gasteiger partial charge in [-0.05, 0) is 34.9 Å². The summed E-state index contributed by atoms with van der Waals surface area (Å²) in [5.41, 5.74) is 5.10. The number of rotatable bonds is 6. The van der Waals surface area contributed by atoms with Gasteiger partial charge in [-0.2, -0.15) is 11.3 Å². The van der Waals surface area contributed by atoms with Gasteiger partial charge in [-0.1, -0.05) is 12.1 Å².